The Bertz CT molecular complexity index is 782. The number of nitrogens with one attached hydrogen (secondary N) is 1. The molecule has 1 N–H and O–H groups in total. The lowest BCUT2D eigenvalue weighted by Crippen LogP contribution is -2.43. The van der Waals surface area contributed by atoms with Gasteiger partial charge in [-0.25, -0.2) is 15.0 Å². The van der Waals surface area contributed by atoms with E-state index in [2.05, 4.69) is 26.3 Å². The number of anilines is 2. The van der Waals surface area contributed by atoms with Gasteiger partial charge in [-0.15, -0.1) is 0 Å². The van der Waals surface area contributed by atoms with E-state index in [0.717, 1.165) is 56.2 Å². The third-order valence-electron chi connectivity index (χ3n) is 5.02. The van der Waals surface area contributed by atoms with Gasteiger partial charge in [0, 0.05) is 37.2 Å². The maximum Gasteiger partial charge on any atom is 0.225 e. The van der Waals surface area contributed by atoms with Crippen molar-refractivity contribution in [2.45, 2.75) is 44.6 Å². The molecule has 25 heavy (non-hydrogen) atoms. The molecule has 6 heteroatoms. The Morgan fingerprint density at radius 3 is 2.84 bits per heavy atom. The number of aromatic nitrogens is 3. The molecule has 6 nitrogen and oxygen atoms in total. The molecule has 1 fully saturated rings. The largest absolute Gasteiger partial charge is 0.364 e. The summed E-state index contributed by atoms with van der Waals surface area (Å²) in [6.45, 7) is 1.79. The number of rotatable bonds is 3. The highest BCUT2D eigenvalue weighted by molar-refractivity contribution is 5.55. The van der Waals surface area contributed by atoms with E-state index in [0.29, 0.717) is 5.56 Å². The molecule has 0 amide bonds. The summed E-state index contributed by atoms with van der Waals surface area (Å²) < 4.78 is 0. The summed E-state index contributed by atoms with van der Waals surface area (Å²) in [7, 11) is 0. The van der Waals surface area contributed by atoms with E-state index in [1.54, 1.807) is 12.4 Å². The molecule has 0 saturated carbocycles. The summed E-state index contributed by atoms with van der Waals surface area (Å²) in [5, 5.41) is 13.0. The molecule has 0 unspecified atom stereocenters. The van der Waals surface area contributed by atoms with Gasteiger partial charge in [0.2, 0.25) is 5.95 Å². The number of fused-ring (bicyclic) bond motifs is 1. The lowest BCUT2D eigenvalue weighted by molar-refractivity contribution is 0.521. The first-order chi connectivity index (χ1) is 12.3. The van der Waals surface area contributed by atoms with Crippen LogP contribution < -0.4 is 10.2 Å². The topological polar surface area (TPSA) is 77.7 Å². The number of pyridine rings is 1. The van der Waals surface area contributed by atoms with E-state index in [-0.39, 0.29) is 6.04 Å². The molecular formula is C19H22N6. The molecule has 0 aromatic carbocycles. The summed E-state index contributed by atoms with van der Waals surface area (Å²) in [6.07, 6.45) is 10.1. The lowest BCUT2D eigenvalue weighted by Gasteiger charge is -2.33. The zero-order valence-corrected chi connectivity index (χ0v) is 14.3. The average molecular weight is 334 g/mol. The minimum absolute atomic E-state index is 0.249. The minimum Gasteiger partial charge on any atom is -0.364 e. The molecule has 0 bridgehead atoms. The second-order valence-corrected chi connectivity index (χ2v) is 6.79. The Morgan fingerprint density at radius 2 is 2.00 bits per heavy atom. The van der Waals surface area contributed by atoms with Gasteiger partial charge >= 0.3 is 0 Å². The van der Waals surface area contributed by atoms with Crippen molar-refractivity contribution in [3.8, 4) is 6.07 Å². The highest BCUT2D eigenvalue weighted by atomic mass is 15.3. The van der Waals surface area contributed by atoms with Gasteiger partial charge in [-0.1, -0.05) is 0 Å². The van der Waals surface area contributed by atoms with E-state index in [1.165, 1.54) is 18.4 Å². The van der Waals surface area contributed by atoms with Crippen molar-refractivity contribution in [2.75, 3.05) is 23.3 Å². The lowest BCUT2D eigenvalue weighted by atomic mass is 9.95. The fourth-order valence-electron chi connectivity index (χ4n) is 3.75. The van der Waals surface area contributed by atoms with Crippen molar-refractivity contribution in [3.05, 3.63) is 41.3 Å². The van der Waals surface area contributed by atoms with Gasteiger partial charge < -0.3 is 10.2 Å². The van der Waals surface area contributed by atoms with Gasteiger partial charge in [-0.3, -0.25) is 0 Å². The molecule has 0 radical (unpaired) electrons. The molecule has 2 aromatic heterocycles. The monoisotopic (exact) mass is 334 g/mol. The molecule has 2 aromatic rings. The first-order valence-electron chi connectivity index (χ1n) is 9.05. The zero-order valence-electron chi connectivity index (χ0n) is 14.3. The van der Waals surface area contributed by atoms with Crippen LogP contribution in [0.25, 0.3) is 0 Å². The van der Waals surface area contributed by atoms with Gasteiger partial charge in [-0.05, 0) is 56.2 Å². The van der Waals surface area contributed by atoms with Gasteiger partial charge in [0.25, 0.3) is 0 Å². The molecule has 1 aliphatic heterocycles. The van der Waals surface area contributed by atoms with Gasteiger partial charge in [-0.2, -0.15) is 5.26 Å². The summed E-state index contributed by atoms with van der Waals surface area (Å²) >= 11 is 0. The minimum atomic E-state index is 0.249. The summed E-state index contributed by atoms with van der Waals surface area (Å²) in [5.74, 6) is 1.51. The van der Waals surface area contributed by atoms with Crippen molar-refractivity contribution in [1.29, 1.82) is 5.26 Å². The average Bonchev–Trinajstić information content (AvgIpc) is 2.68. The summed E-state index contributed by atoms with van der Waals surface area (Å²) in [5.41, 5.74) is 3.07. The number of aryl methyl sites for hydroxylation is 2. The first kappa shape index (κ1) is 15.8. The van der Waals surface area contributed by atoms with Crippen LogP contribution in [0.2, 0.25) is 0 Å². The molecule has 1 atom stereocenters. The zero-order chi connectivity index (χ0) is 17.1. The van der Waals surface area contributed by atoms with Gasteiger partial charge in [0.05, 0.1) is 5.56 Å². The normalized spacial score (nSPS) is 19.8. The predicted molar refractivity (Wildman–Crippen MR) is 96.5 cm³/mol. The van der Waals surface area contributed by atoms with Crippen LogP contribution in [0.15, 0.2) is 24.5 Å². The highest BCUT2D eigenvalue weighted by Gasteiger charge is 2.23. The van der Waals surface area contributed by atoms with Crippen molar-refractivity contribution < 1.29 is 0 Å². The van der Waals surface area contributed by atoms with Crippen LogP contribution in [0.3, 0.4) is 0 Å². The Morgan fingerprint density at radius 1 is 1.16 bits per heavy atom. The van der Waals surface area contributed by atoms with E-state index >= 15 is 0 Å². The van der Waals surface area contributed by atoms with E-state index in [9.17, 15) is 5.26 Å². The maximum atomic E-state index is 9.52. The van der Waals surface area contributed by atoms with Crippen LogP contribution in [0.4, 0.5) is 11.8 Å². The molecule has 1 aliphatic carbocycles. The Balaban J connectivity index is 1.52. The standard InChI is InChI=1S/C19H22N6/c20-12-15-11-14-5-1-2-7-17(14)24-18(15)23-16-6-3-10-25(13-16)19-21-8-4-9-22-19/h4,8-9,11,16H,1-3,5-7,10,13H2,(H,23,24)/t16-/m1/s1. The van der Waals surface area contributed by atoms with E-state index < -0.39 is 0 Å². The number of hydrogen-bond acceptors (Lipinski definition) is 6. The second-order valence-electron chi connectivity index (χ2n) is 6.79. The van der Waals surface area contributed by atoms with Crippen LogP contribution in [0.5, 0.6) is 0 Å². The smallest absolute Gasteiger partial charge is 0.225 e. The van der Waals surface area contributed by atoms with Gasteiger partial charge in [0.1, 0.15) is 11.9 Å². The molecule has 1 saturated heterocycles. The van der Waals surface area contributed by atoms with Crippen molar-refractivity contribution in [2.24, 2.45) is 0 Å². The van der Waals surface area contributed by atoms with Crippen LogP contribution in [-0.4, -0.2) is 34.1 Å². The fraction of sp³-hybridized carbons (Fsp3) is 0.474. The second kappa shape index (κ2) is 7.06. The van der Waals surface area contributed by atoms with Crippen LogP contribution >= 0.6 is 0 Å². The third kappa shape index (κ3) is 3.41. The van der Waals surface area contributed by atoms with E-state index in [4.69, 9.17) is 4.98 Å². The third-order valence-corrected chi connectivity index (χ3v) is 5.02. The number of nitrogens with zero attached hydrogens (tertiary/aromatic N) is 5. The predicted octanol–water partition coefficient (Wildman–Crippen LogP) is 2.70. The fourth-order valence-corrected chi connectivity index (χ4v) is 3.75. The Labute approximate surface area is 147 Å². The number of hydrogen-bond donors (Lipinski definition) is 1. The van der Waals surface area contributed by atoms with Crippen LogP contribution in [0.1, 0.15) is 42.5 Å². The molecule has 2 aliphatic rings. The molecule has 4 rings (SSSR count). The number of nitriles is 1. The van der Waals surface area contributed by atoms with Gasteiger partial charge in [0.15, 0.2) is 0 Å². The molecule has 0 spiro atoms. The van der Waals surface area contributed by atoms with Crippen LogP contribution in [0, 0.1) is 11.3 Å². The Hall–Kier alpha value is -2.68. The quantitative estimate of drug-likeness (QED) is 0.930. The number of piperidine rings is 1. The summed E-state index contributed by atoms with van der Waals surface area (Å²) in [6, 6.07) is 6.43. The maximum absolute atomic E-state index is 9.52. The van der Waals surface area contributed by atoms with Crippen molar-refractivity contribution >= 4 is 11.8 Å². The SMILES string of the molecule is N#Cc1cc2c(nc1N[C@@H]1CCCN(c3ncccn3)C1)CCCC2. The van der Waals surface area contributed by atoms with E-state index in [1.807, 2.05) is 12.1 Å². The Kier molecular flexibility index (Phi) is 4.47. The molecular weight excluding hydrogens is 312 g/mol. The summed E-state index contributed by atoms with van der Waals surface area (Å²) in [4.78, 5) is 15.7. The van der Waals surface area contributed by atoms with Crippen LogP contribution in [-0.2, 0) is 12.8 Å². The van der Waals surface area contributed by atoms with Crippen molar-refractivity contribution in [1.82, 2.24) is 15.0 Å². The van der Waals surface area contributed by atoms with Crippen molar-refractivity contribution in [3.63, 3.8) is 0 Å². The molecule has 3 heterocycles. The highest BCUT2D eigenvalue weighted by Crippen LogP contribution is 2.26. The first-order valence-corrected chi connectivity index (χ1v) is 9.05. The molecule has 128 valence electrons.